The number of nitrogens with zero attached hydrogens (tertiary/aromatic N) is 1. The fourth-order valence-corrected chi connectivity index (χ4v) is 3.42. The number of benzene rings is 2. The van der Waals surface area contributed by atoms with Gasteiger partial charge in [0.1, 0.15) is 5.75 Å². The van der Waals surface area contributed by atoms with Gasteiger partial charge in [-0.1, -0.05) is 36.4 Å². The van der Waals surface area contributed by atoms with Gasteiger partial charge in [0.15, 0.2) is 5.11 Å². The molecule has 1 aliphatic rings. The zero-order chi connectivity index (χ0) is 16.1. The van der Waals surface area contributed by atoms with E-state index in [9.17, 15) is 0 Å². The highest BCUT2D eigenvalue weighted by Crippen LogP contribution is 2.34. The lowest BCUT2D eigenvalue weighted by Gasteiger charge is -2.34. The molecule has 3 rings (SSSR count). The predicted molar refractivity (Wildman–Crippen MR) is 99.2 cm³/mol. The summed E-state index contributed by atoms with van der Waals surface area (Å²) in [5.41, 5.74) is 2.36. The summed E-state index contributed by atoms with van der Waals surface area (Å²) in [6.45, 7) is 1.95. The van der Waals surface area contributed by atoms with E-state index in [1.165, 1.54) is 5.56 Å². The van der Waals surface area contributed by atoms with Gasteiger partial charge in [-0.3, -0.25) is 0 Å². The van der Waals surface area contributed by atoms with Gasteiger partial charge < -0.3 is 15.0 Å². The monoisotopic (exact) mass is 326 g/mol. The van der Waals surface area contributed by atoms with Crippen LogP contribution in [0.15, 0.2) is 54.6 Å². The number of likely N-dealkylation sites (tertiary alicyclic amines) is 1. The first-order valence-corrected chi connectivity index (χ1v) is 8.42. The van der Waals surface area contributed by atoms with Crippen molar-refractivity contribution >= 4 is 23.0 Å². The van der Waals surface area contributed by atoms with Crippen molar-refractivity contribution in [2.75, 3.05) is 25.5 Å². The summed E-state index contributed by atoms with van der Waals surface area (Å²) in [5.74, 6) is 1.54. The lowest BCUT2D eigenvalue weighted by Crippen LogP contribution is -2.40. The number of thiocarbonyl (C=S) groups is 1. The van der Waals surface area contributed by atoms with E-state index < -0.39 is 0 Å². The maximum Gasteiger partial charge on any atom is 0.173 e. The van der Waals surface area contributed by atoms with Crippen LogP contribution in [0.2, 0.25) is 0 Å². The van der Waals surface area contributed by atoms with Crippen LogP contribution in [0, 0.1) is 0 Å². The predicted octanol–water partition coefficient (Wildman–Crippen LogP) is 4.27. The minimum absolute atomic E-state index is 0.543. The number of nitrogens with one attached hydrogen (secondary N) is 1. The Morgan fingerprint density at radius 1 is 1.04 bits per heavy atom. The Morgan fingerprint density at radius 2 is 1.70 bits per heavy atom. The van der Waals surface area contributed by atoms with Gasteiger partial charge >= 0.3 is 0 Å². The van der Waals surface area contributed by atoms with Crippen molar-refractivity contribution in [3.8, 4) is 5.75 Å². The molecule has 4 heteroatoms. The summed E-state index contributed by atoms with van der Waals surface area (Å²) in [5, 5.41) is 4.14. The second-order valence-electron chi connectivity index (χ2n) is 5.80. The molecular weight excluding hydrogens is 304 g/mol. The molecule has 0 aromatic heterocycles. The van der Waals surface area contributed by atoms with Crippen LogP contribution >= 0.6 is 12.2 Å². The van der Waals surface area contributed by atoms with Crippen molar-refractivity contribution in [2.45, 2.75) is 18.8 Å². The second-order valence-corrected chi connectivity index (χ2v) is 6.19. The highest BCUT2D eigenvalue weighted by atomic mass is 32.1. The second kappa shape index (κ2) is 7.47. The number of ether oxygens (including phenoxy) is 1. The molecule has 3 nitrogen and oxygen atoms in total. The van der Waals surface area contributed by atoms with Gasteiger partial charge in [0.2, 0.25) is 0 Å². The number of anilines is 1. The van der Waals surface area contributed by atoms with Crippen molar-refractivity contribution in [1.82, 2.24) is 4.90 Å². The van der Waals surface area contributed by atoms with Crippen molar-refractivity contribution < 1.29 is 4.74 Å². The zero-order valence-corrected chi connectivity index (χ0v) is 14.2. The van der Waals surface area contributed by atoms with Crippen LogP contribution in [0.5, 0.6) is 5.75 Å². The van der Waals surface area contributed by atoms with E-state index in [1.807, 2.05) is 42.5 Å². The molecule has 0 bridgehead atoms. The lowest BCUT2D eigenvalue weighted by atomic mass is 9.89. The average Bonchev–Trinajstić information content (AvgIpc) is 2.62. The molecule has 0 unspecified atom stereocenters. The Labute approximate surface area is 143 Å². The molecular formula is C19H22N2OS. The molecule has 0 radical (unpaired) electrons. The van der Waals surface area contributed by atoms with Crippen LogP contribution in [0.3, 0.4) is 0 Å². The van der Waals surface area contributed by atoms with Gasteiger partial charge in [-0.15, -0.1) is 0 Å². The Bertz CT molecular complexity index is 651. The largest absolute Gasteiger partial charge is 0.496 e. The average molecular weight is 326 g/mol. The van der Waals surface area contributed by atoms with Gasteiger partial charge in [-0.25, -0.2) is 0 Å². The fourth-order valence-electron chi connectivity index (χ4n) is 3.12. The Balaban J connectivity index is 1.59. The molecule has 0 saturated carbocycles. The SMILES string of the molecule is COc1ccccc1C1CCN(C(=S)Nc2ccccc2)CC1. The summed E-state index contributed by atoms with van der Waals surface area (Å²) in [7, 11) is 1.74. The van der Waals surface area contributed by atoms with Crippen LogP contribution in [-0.4, -0.2) is 30.2 Å². The molecule has 1 heterocycles. The van der Waals surface area contributed by atoms with E-state index >= 15 is 0 Å². The third-order valence-electron chi connectivity index (χ3n) is 4.39. The molecule has 120 valence electrons. The molecule has 2 aromatic carbocycles. The Hall–Kier alpha value is -2.07. The van der Waals surface area contributed by atoms with Crippen LogP contribution in [0.4, 0.5) is 5.69 Å². The standard InChI is InChI=1S/C19H22N2OS/c1-22-18-10-6-5-9-17(18)15-11-13-21(14-12-15)19(23)20-16-7-3-2-4-8-16/h2-10,15H,11-14H2,1H3,(H,20,23). The van der Waals surface area contributed by atoms with Gasteiger partial charge in [-0.05, 0) is 54.7 Å². The third kappa shape index (κ3) is 3.82. The van der Waals surface area contributed by atoms with Crippen molar-refractivity contribution in [2.24, 2.45) is 0 Å². The van der Waals surface area contributed by atoms with Crippen molar-refractivity contribution in [3.63, 3.8) is 0 Å². The number of piperidine rings is 1. The summed E-state index contributed by atoms with van der Waals surface area (Å²) in [4.78, 5) is 2.26. The molecule has 0 aliphatic carbocycles. The number of hydrogen-bond acceptors (Lipinski definition) is 2. The summed E-state index contributed by atoms with van der Waals surface area (Å²) >= 11 is 5.55. The van der Waals surface area contributed by atoms with Crippen LogP contribution in [0.25, 0.3) is 0 Å². The van der Waals surface area contributed by atoms with Gasteiger partial charge in [0.05, 0.1) is 7.11 Å². The Morgan fingerprint density at radius 3 is 2.39 bits per heavy atom. The van der Waals surface area contributed by atoms with E-state index in [0.29, 0.717) is 5.92 Å². The van der Waals surface area contributed by atoms with E-state index in [-0.39, 0.29) is 0 Å². The van der Waals surface area contributed by atoms with Gasteiger partial charge in [0, 0.05) is 18.8 Å². The molecule has 1 aliphatic heterocycles. The van der Waals surface area contributed by atoms with E-state index in [4.69, 9.17) is 17.0 Å². The third-order valence-corrected chi connectivity index (χ3v) is 4.75. The van der Waals surface area contributed by atoms with Crippen molar-refractivity contribution in [1.29, 1.82) is 0 Å². The number of para-hydroxylation sites is 2. The normalized spacial score (nSPS) is 15.3. The fraction of sp³-hybridized carbons (Fsp3) is 0.316. The number of hydrogen-bond donors (Lipinski definition) is 1. The van der Waals surface area contributed by atoms with Crippen LogP contribution in [-0.2, 0) is 0 Å². The maximum atomic E-state index is 5.55. The lowest BCUT2D eigenvalue weighted by molar-refractivity contribution is 0.310. The summed E-state index contributed by atoms with van der Waals surface area (Å²) in [6, 6.07) is 18.4. The smallest absolute Gasteiger partial charge is 0.173 e. The molecule has 0 atom stereocenters. The molecule has 1 fully saturated rings. The first-order valence-electron chi connectivity index (χ1n) is 8.02. The van der Waals surface area contributed by atoms with E-state index in [1.54, 1.807) is 7.11 Å². The quantitative estimate of drug-likeness (QED) is 0.851. The number of rotatable bonds is 3. The minimum Gasteiger partial charge on any atom is -0.496 e. The topological polar surface area (TPSA) is 24.5 Å². The Kier molecular flexibility index (Phi) is 5.13. The van der Waals surface area contributed by atoms with E-state index in [0.717, 1.165) is 42.5 Å². The maximum absolute atomic E-state index is 5.55. The van der Waals surface area contributed by atoms with Crippen LogP contribution < -0.4 is 10.1 Å². The first-order chi connectivity index (χ1) is 11.3. The van der Waals surface area contributed by atoms with E-state index in [2.05, 4.69) is 22.3 Å². The summed E-state index contributed by atoms with van der Waals surface area (Å²) < 4.78 is 5.50. The summed E-state index contributed by atoms with van der Waals surface area (Å²) in [6.07, 6.45) is 2.19. The zero-order valence-electron chi connectivity index (χ0n) is 13.4. The highest BCUT2D eigenvalue weighted by Gasteiger charge is 2.24. The molecule has 0 amide bonds. The van der Waals surface area contributed by atoms with Gasteiger partial charge in [0.25, 0.3) is 0 Å². The molecule has 1 saturated heterocycles. The molecule has 1 N–H and O–H groups in total. The van der Waals surface area contributed by atoms with Gasteiger partial charge in [-0.2, -0.15) is 0 Å². The first kappa shape index (κ1) is 15.8. The molecule has 2 aromatic rings. The highest BCUT2D eigenvalue weighted by molar-refractivity contribution is 7.80. The van der Waals surface area contributed by atoms with Crippen LogP contribution in [0.1, 0.15) is 24.3 Å². The molecule has 23 heavy (non-hydrogen) atoms. The van der Waals surface area contributed by atoms with Crippen molar-refractivity contribution in [3.05, 3.63) is 60.2 Å². The number of methoxy groups -OCH3 is 1. The minimum atomic E-state index is 0.543. The molecule has 0 spiro atoms.